The number of anilines is 1. The Morgan fingerprint density at radius 1 is 0.865 bits per heavy atom. The molecular formula is C29H21Cl2N3O2S. The lowest BCUT2D eigenvalue weighted by Crippen LogP contribution is -2.54. The number of carbonyl (C=O) groups is 2. The number of hydrogen-bond donors (Lipinski definition) is 1. The molecule has 8 heteroatoms. The van der Waals surface area contributed by atoms with Crippen molar-refractivity contribution in [2.24, 2.45) is 0 Å². The number of nitrogens with one attached hydrogen (secondary N) is 1. The van der Waals surface area contributed by atoms with Gasteiger partial charge in [-0.1, -0.05) is 71.7 Å². The van der Waals surface area contributed by atoms with E-state index >= 15 is 0 Å². The van der Waals surface area contributed by atoms with Crippen molar-refractivity contribution in [1.82, 2.24) is 9.88 Å². The second-order valence-corrected chi connectivity index (χ2v) is 9.78. The zero-order chi connectivity index (χ0) is 26.3. The molecule has 1 fully saturated rings. The van der Waals surface area contributed by atoms with Crippen molar-refractivity contribution in [2.75, 3.05) is 4.90 Å². The SMILES string of the molecule is Cc1cc(/C=C2/C(=O)NC(=S)N(c3cccc(Cl)c3Cl)C2=O)c(C)n1-c1ccc(-c2ccccc2)cc1. The molecule has 5 rings (SSSR count). The molecule has 1 aliphatic rings. The topological polar surface area (TPSA) is 54.3 Å². The fraction of sp³-hybridized carbons (Fsp3) is 0.0690. The predicted octanol–water partition coefficient (Wildman–Crippen LogP) is 6.90. The van der Waals surface area contributed by atoms with Gasteiger partial charge in [-0.3, -0.25) is 19.8 Å². The van der Waals surface area contributed by atoms with Crippen molar-refractivity contribution in [2.45, 2.75) is 13.8 Å². The van der Waals surface area contributed by atoms with E-state index in [0.29, 0.717) is 5.69 Å². The van der Waals surface area contributed by atoms with E-state index in [1.165, 1.54) is 4.90 Å². The maximum atomic E-state index is 13.5. The van der Waals surface area contributed by atoms with Crippen LogP contribution in [0.2, 0.25) is 10.0 Å². The molecule has 5 nitrogen and oxygen atoms in total. The standard InChI is InChI=1S/C29H21Cl2N3O2S/c1-17-15-21(18(2)33(17)22-13-11-20(12-14-22)19-7-4-3-5-8-19)16-23-27(35)32-29(37)34(28(23)36)25-10-6-9-24(30)26(25)31/h3-16H,1-2H3,(H,32,35,37)/b23-16-. The van der Waals surface area contributed by atoms with E-state index in [-0.39, 0.29) is 20.7 Å². The van der Waals surface area contributed by atoms with Crippen molar-refractivity contribution in [3.63, 3.8) is 0 Å². The molecule has 1 aromatic heterocycles. The van der Waals surface area contributed by atoms with Gasteiger partial charge in [0.1, 0.15) is 5.57 Å². The van der Waals surface area contributed by atoms with Crippen molar-refractivity contribution in [3.05, 3.63) is 111 Å². The number of amides is 2. The molecule has 0 atom stereocenters. The molecule has 0 spiro atoms. The van der Waals surface area contributed by atoms with E-state index < -0.39 is 11.8 Å². The average molecular weight is 546 g/mol. The monoisotopic (exact) mass is 545 g/mol. The van der Waals surface area contributed by atoms with Gasteiger partial charge in [0.05, 0.1) is 15.7 Å². The van der Waals surface area contributed by atoms with Crippen LogP contribution in [0, 0.1) is 13.8 Å². The third-order valence-electron chi connectivity index (χ3n) is 6.28. The maximum Gasteiger partial charge on any atom is 0.270 e. The molecule has 184 valence electrons. The summed E-state index contributed by atoms with van der Waals surface area (Å²) in [6.07, 6.45) is 1.59. The van der Waals surface area contributed by atoms with Crippen LogP contribution in [0.15, 0.2) is 84.4 Å². The molecule has 0 unspecified atom stereocenters. The second-order valence-electron chi connectivity index (χ2n) is 8.61. The number of benzene rings is 3. The summed E-state index contributed by atoms with van der Waals surface area (Å²) in [5.74, 6) is -1.14. The lowest BCUT2D eigenvalue weighted by atomic mass is 10.1. The lowest BCUT2D eigenvalue weighted by molar-refractivity contribution is -0.122. The Bertz CT molecular complexity index is 1590. The van der Waals surface area contributed by atoms with Crippen LogP contribution < -0.4 is 10.2 Å². The number of rotatable bonds is 4. The van der Waals surface area contributed by atoms with Gasteiger partial charge in [-0.25, -0.2) is 0 Å². The second kappa shape index (κ2) is 9.98. The van der Waals surface area contributed by atoms with Crippen LogP contribution in [0.4, 0.5) is 5.69 Å². The summed E-state index contributed by atoms with van der Waals surface area (Å²) in [6.45, 7) is 3.93. The van der Waals surface area contributed by atoms with Crippen LogP contribution in [0.25, 0.3) is 22.9 Å². The van der Waals surface area contributed by atoms with Gasteiger partial charge in [-0.05, 0) is 79.2 Å². The summed E-state index contributed by atoms with van der Waals surface area (Å²) in [5, 5.41) is 2.99. The zero-order valence-corrected chi connectivity index (χ0v) is 22.3. The van der Waals surface area contributed by atoms with Gasteiger partial charge < -0.3 is 4.57 Å². The summed E-state index contributed by atoms with van der Waals surface area (Å²) >= 11 is 17.8. The van der Waals surface area contributed by atoms with Crippen LogP contribution in [0.1, 0.15) is 17.0 Å². The van der Waals surface area contributed by atoms with Crippen molar-refractivity contribution < 1.29 is 9.59 Å². The summed E-state index contributed by atoms with van der Waals surface area (Å²) in [6, 6.07) is 25.3. The van der Waals surface area contributed by atoms with Crippen LogP contribution in [0.3, 0.4) is 0 Å². The molecule has 0 aliphatic carbocycles. The van der Waals surface area contributed by atoms with Crippen molar-refractivity contribution in [1.29, 1.82) is 0 Å². The third-order valence-corrected chi connectivity index (χ3v) is 7.37. The van der Waals surface area contributed by atoms with E-state index in [4.69, 9.17) is 35.4 Å². The van der Waals surface area contributed by atoms with Gasteiger partial charge in [-0.2, -0.15) is 0 Å². The van der Waals surface area contributed by atoms with Gasteiger partial charge in [0, 0.05) is 17.1 Å². The number of halogens is 2. The van der Waals surface area contributed by atoms with E-state index in [2.05, 4.69) is 46.3 Å². The number of thiocarbonyl (C=S) groups is 1. The largest absolute Gasteiger partial charge is 0.318 e. The molecule has 2 heterocycles. The van der Waals surface area contributed by atoms with Crippen molar-refractivity contribution in [3.8, 4) is 16.8 Å². The predicted molar refractivity (Wildman–Crippen MR) is 153 cm³/mol. The highest BCUT2D eigenvalue weighted by molar-refractivity contribution is 7.80. The molecule has 0 radical (unpaired) electrons. The summed E-state index contributed by atoms with van der Waals surface area (Å²) < 4.78 is 2.09. The van der Waals surface area contributed by atoms with E-state index in [0.717, 1.165) is 33.8 Å². The fourth-order valence-electron chi connectivity index (χ4n) is 4.46. The van der Waals surface area contributed by atoms with E-state index in [1.54, 1.807) is 24.3 Å². The first-order chi connectivity index (χ1) is 17.8. The summed E-state index contributed by atoms with van der Waals surface area (Å²) in [5.41, 5.74) is 6.09. The van der Waals surface area contributed by atoms with Crippen LogP contribution in [0.5, 0.6) is 0 Å². The molecule has 37 heavy (non-hydrogen) atoms. The van der Waals surface area contributed by atoms with Gasteiger partial charge in [-0.15, -0.1) is 0 Å². The Labute approximate surface area is 229 Å². The Hall–Kier alpha value is -3.71. The van der Waals surface area contributed by atoms with Gasteiger partial charge >= 0.3 is 0 Å². The minimum absolute atomic E-state index is 0.0516. The summed E-state index contributed by atoms with van der Waals surface area (Å²) in [4.78, 5) is 27.5. The quantitative estimate of drug-likeness (QED) is 0.172. The molecule has 1 N–H and O–H groups in total. The van der Waals surface area contributed by atoms with Crippen LogP contribution in [-0.4, -0.2) is 21.5 Å². The Balaban J connectivity index is 1.51. The molecule has 2 amide bonds. The van der Waals surface area contributed by atoms with Gasteiger partial charge in [0.15, 0.2) is 5.11 Å². The molecule has 1 aliphatic heterocycles. The Kier molecular flexibility index (Phi) is 6.73. The minimum atomic E-state index is -0.574. The first kappa shape index (κ1) is 25.0. The highest BCUT2D eigenvalue weighted by Gasteiger charge is 2.36. The molecule has 4 aromatic rings. The number of hydrogen-bond acceptors (Lipinski definition) is 3. The van der Waals surface area contributed by atoms with Gasteiger partial charge in [0.25, 0.3) is 11.8 Å². The average Bonchev–Trinajstić information content (AvgIpc) is 3.17. The van der Waals surface area contributed by atoms with Gasteiger partial charge in [0.2, 0.25) is 0 Å². The molecule has 0 bridgehead atoms. The lowest BCUT2D eigenvalue weighted by Gasteiger charge is -2.29. The maximum absolute atomic E-state index is 13.5. The van der Waals surface area contributed by atoms with Crippen LogP contribution in [-0.2, 0) is 9.59 Å². The van der Waals surface area contributed by atoms with E-state index in [9.17, 15) is 9.59 Å². The highest BCUT2D eigenvalue weighted by Crippen LogP contribution is 2.35. The number of aryl methyl sites for hydroxylation is 1. The number of aromatic nitrogens is 1. The molecule has 0 saturated carbocycles. The molecule has 3 aromatic carbocycles. The third kappa shape index (κ3) is 4.60. The number of nitrogens with zero attached hydrogens (tertiary/aromatic N) is 2. The molecule has 1 saturated heterocycles. The van der Waals surface area contributed by atoms with Crippen molar-refractivity contribution >= 4 is 64.1 Å². The summed E-state index contributed by atoms with van der Waals surface area (Å²) in [7, 11) is 0. The smallest absolute Gasteiger partial charge is 0.270 e. The minimum Gasteiger partial charge on any atom is -0.318 e. The Morgan fingerprint density at radius 3 is 2.24 bits per heavy atom. The fourth-order valence-corrected chi connectivity index (χ4v) is 5.12. The van der Waals surface area contributed by atoms with Crippen LogP contribution >= 0.6 is 35.4 Å². The zero-order valence-electron chi connectivity index (χ0n) is 20.0. The van der Waals surface area contributed by atoms with E-state index in [1.807, 2.05) is 38.1 Å². The highest BCUT2D eigenvalue weighted by atomic mass is 35.5. The first-order valence-electron chi connectivity index (χ1n) is 11.5. The Morgan fingerprint density at radius 2 is 1.54 bits per heavy atom. The first-order valence-corrected chi connectivity index (χ1v) is 12.6. The normalized spacial score (nSPS) is 14.9. The molecular weight excluding hydrogens is 525 g/mol. The number of carbonyl (C=O) groups excluding carboxylic acids is 2.